The molecule has 0 bridgehead atoms. The SMILES string of the molecule is CCc1cn(C2CCN(CC3(F)CCN(C(=O)c4ccc([C@@H]5CN(c6cc(-c7ccccc7O)nnc6N)CCO5)c(C)c4)CC3)CC2)c2ncc(N3CCC(=O)NC3=O)cc12. The number of ether oxygens (including phenoxy) is 1. The number of imide groups is 1. The second-order valence-electron chi connectivity index (χ2n) is 17.1. The van der Waals surface area contributed by atoms with E-state index in [0.29, 0.717) is 79.9 Å². The van der Waals surface area contributed by atoms with Crippen LogP contribution in [0.25, 0.3) is 22.3 Å². The number of aromatic hydroxyl groups is 1. The summed E-state index contributed by atoms with van der Waals surface area (Å²) in [5, 5.41) is 22.2. The minimum atomic E-state index is -1.37. The highest BCUT2D eigenvalue weighted by Crippen LogP contribution is 2.37. The molecule has 4 N–H and O–H groups in total. The zero-order valence-electron chi connectivity index (χ0n) is 35.2. The van der Waals surface area contributed by atoms with Crippen molar-refractivity contribution < 1.29 is 28.6 Å². The number of phenolic OH excluding ortho intramolecular Hbond substituents is 1. The highest BCUT2D eigenvalue weighted by Gasteiger charge is 2.39. The number of hydrogen-bond donors (Lipinski definition) is 3. The first-order chi connectivity index (χ1) is 30.0. The Hall–Kier alpha value is -6.13. The fourth-order valence-electron chi connectivity index (χ4n) is 9.61. The summed E-state index contributed by atoms with van der Waals surface area (Å²) < 4.78 is 24.9. The Morgan fingerprint density at radius 3 is 2.55 bits per heavy atom. The Kier molecular flexibility index (Phi) is 11.3. The molecular weight excluding hydrogens is 792 g/mol. The molecule has 0 saturated carbocycles. The molecule has 5 aromatic rings. The van der Waals surface area contributed by atoms with Crippen molar-refractivity contribution in [1.82, 2.24) is 34.9 Å². The molecule has 1 atom stereocenters. The van der Waals surface area contributed by atoms with Gasteiger partial charge in [0.15, 0.2) is 5.82 Å². The number of pyridine rings is 1. The number of para-hydroxylation sites is 1. The van der Waals surface area contributed by atoms with Gasteiger partial charge in [-0.3, -0.25) is 19.8 Å². The maximum atomic E-state index is 16.5. The second kappa shape index (κ2) is 17.0. The van der Waals surface area contributed by atoms with Crippen molar-refractivity contribution >= 4 is 46.1 Å². The number of urea groups is 1. The lowest BCUT2D eigenvalue weighted by molar-refractivity contribution is -0.120. The van der Waals surface area contributed by atoms with Crippen LogP contribution in [-0.4, -0.2) is 117 Å². The maximum absolute atomic E-state index is 16.5. The highest BCUT2D eigenvalue weighted by molar-refractivity contribution is 6.06. The van der Waals surface area contributed by atoms with Crippen LogP contribution in [0.1, 0.15) is 78.2 Å². The molecule has 0 spiro atoms. The van der Waals surface area contributed by atoms with Crippen LogP contribution in [0.5, 0.6) is 5.75 Å². The van der Waals surface area contributed by atoms with Crippen LogP contribution in [0.3, 0.4) is 0 Å². The molecule has 62 heavy (non-hydrogen) atoms. The van der Waals surface area contributed by atoms with E-state index in [2.05, 4.69) is 43.0 Å². The van der Waals surface area contributed by atoms with Gasteiger partial charge in [0.25, 0.3) is 5.91 Å². The quantitative estimate of drug-likeness (QED) is 0.160. The highest BCUT2D eigenvalue weighted by atomic mass is 19.1. The number of aromatic nitrogens is 4. The molecule has 4 saturated heterocycles. The molecule has 4 aliphatic rings. The van der Waals surface area contributed by atoms with Gasteiger partial charge in [-0.05, 0) is 79.3 Å². The molecular formula is C46H53FN10O5. The zero-order chi connectivity index (χ0) is 43.1. The maximum Gasteiger partial charge on any atom is 0.328 e. The molecule has 0 aliphatic carbocycles. The van der Waals surface area contributed by atoms with E-state index in [1.807, 2.05) is 43.3 Å². The van der Waals surface area contributed by atoms with Gasteiger partial charge in [-0.1, -0.05) is 25.1 Å². The standard InChI is InChI=1S/C46H53FN10O5/c1-3-30-26-57(43-36(30)23-33(25-49-43)56-17-12-41(59)50-45(56)61)32-10-15-53(16-11-32)28-46(47)13-18-54(19-14-46)44(60)31-8-9-34(29(2)22-31)40-27-55(20-21-62-40)38-24-37(51-52-42(38)48)35-6-4-5-7-39(35)58/h4-9,22-26,32,40,58H,3,10-21,27-28H2,1-2H3,(H2,48,52)(H,50,59,61)/t40-/m0/s1. The number of nitrogens with one attached hydrogen (secondary N) is 1. The molecule has 324 valence electrons. The normalized spacial score (nSPS) is 20.2. The number of halogens is 1. The van der Waals surface area contributed by atoms with Crippen molar-refractivity contribution in [2.45, 2.75) is 70.2 Å². The van der Waals surface area contributed by atoms with E-state index in [-0.39, 0.29) is 49.0 Å². The summed E-state index contributed by atoms with van der Waals surface area (Å²) in [5.74, 6) is 0.0397. The van der Waals surface area contributed by atoms with Crippen molar-refractivity contribution in [3.8, 4) is 17.0 Å². The van der Waals surface area contributed by atoms with Gasteiger partial charge < -0.3 is 34.8 Å². The molecule has 3 aromatic heterocycles. The largest absolute Gasteiger partial charge is 0.507 e. The van der Waals surface area contributed by atoms with Crippen molar-refractivity contribution in [1.29, 1.82) is 0 Å². The number of amides is 4. The fourth-order valence-corrected chi connectivity index (χ4v) is 9.61. The molecule has 0 unspecified atom stereocenters. The second-order valence-corrected chi connectivity index (χ2v) is 17.1. The molecule has 0 radical (unpaired) electrons. The summed E-state index contributed by atoms with van der Waals surface area (Å²) in [5.41, 5.74) is 11.9. The topological polar surface area (TPSA) is 175 Å². The number of nitrogen functional groups attached to an aromatic ring is 1. The minimum absolute atomic E-state index is 0.0959. The summed E-state index contributed by atoms with van der Waals surface area (Å²) in [6, 6.07) is 16.3. The van der Waals surface area contributed by atoms with Crippen LogP contribution in [0.2, 0.25) is 0 Å². The Morgan fingerprint density at radius 2 is 1.81 bits per heavy atom. The van der Waals surface area contributed by atoms with Gasteiger partial charge in [0.1, 0.15) is 23.2 Å². The molecule has 9 rings (SSSR count). The number of aryl methyl sites for hydroxylation is 2. The molecule has 2 aromatic carbocycles. The minimum Gasteiger partial charge on any atom is -0.507 e. The monoisotopic (exact) mass is 844 g/mol. The lowest BCUT2D eigenvalue weighted by Gasteiger charge is -2.41. The summed E-state index contributed by atoms with van der Waals surface area (Å²) in [4.78, 5) is 50.4. The molecule has 4 aliphatic heterocycles. The van der Waals surface area contributed by atoms with Crippen LogP contribution in [0, 0.1) is 6.92 Å². The Labute approximate surface area is 359 Å². The van der Waals surface area contributed by atoms with Gasteiger partial charge in [-0.2, -0.15) is 0 Å². The third-order valence-electron chi connectivity index (χ3n) is 13.1. The van der Waals surface area contributed by atoms with Crippen LogP contribution in [0.15, 0.2) is 67.0 Å². The van der Waals surface area contributed by atoms with Crippen molar-refractivity contribution in [3.05, 3.63) is 89.2 Å². The number of piperidine rings is 2. The Morgan fingerprint density at radius 1 is 1.02 bits per heavy atom. The van der Waals surface area contributed by atoms with Crippen LogP contribution >= 0.6 is 0 Å². The Balaban J connectivity index is 0.786. The van der Waals surface area contributed by atoms with Gasteiger partial charge in [-0.15, -0.1) is 10.2 Å². The number of likely N-dealkylation sites (tertiary alicyclic amines) is 2. The number of carbonyl (C=O) groups excluding carboxylic acids is 3. The lowest BCUT2D eigenvalue weighted by Crippen LogP contribution is -2.51. The van der Waals surface area contributed by atoms with Crippen LogP contribution < -0.4 is 20.9 Å². The molecule has 4 fully saturated rings. The Bertz CT molecular complexity index is 2510. The van der Waals surface area contributed by atoms with E-state index in [0.717, 1.165) is 60.1 Å². The van der Waals surface area contributed by atoms with E-state index in [1.165, 1.54) is 0 Å². The smallest absolute Gasteiger partial charge is 0.328 e. The number of hydrogen-bond acceptors (Lipinski definition) is 11. The predicted octanol–water partition coefficient (Wildman–Crippen LogP) is 5.96. The number of alkyl halides is 1. The van der Waals surface area contributed by atoms with E-state index in [1.54, 1.807) is 34.2 Å². The fraction of sp³-hybridized carbons (Fsp3) is 0.435. The number of nitrogens with two attached hydrogens (primary N) is 1. The van der Waals surface area contributed by atoms with E-state index < -0.39 is 11.7 Å². The van der Waals surface area contributed by atoms with E-state index in [9.17, 15) is 19.5 Å². The average molecular weight is 845 g/mol. The van der Waals surface area contributed by atoms with Crippen molar-refractivity contribution in [3.63, 3.8) is 0 Å². The van der Waals surface area contributed by atoms with Gasteiger partial charge in [0.2, 0.25) is 5.91 Å². The number of morpholine rings is 1. The molecule has 16 heteroatoms. The third-order valence-corrected chi connectivity index (χ3v) is 13.1. The van der Waals surface area contributed by atoms with Crippen LogP contribution in [0.4, 0.5) is 26.4 Å². The number of rotatable bonds is 9. The summed E-state index contributed by atoms with van der Waals surface area (Å²) in [7, 11) is 0. The van der Waals surface area contributed by atoms with E-state index in [4.69, 9.17) is 15.5 Å². The first-order valence-corrected chi connectivity index (χ1v) is 21.7. The lowest BCUT2D eigenvalue weighted by atomic mass is 9.91. The van der Waals surface area contributed by atoms with Gasteiger partial charge >= 0.3 is 6.03 Å². The van der Waals surface area contributed by atoms with Gasteiger partial charge in [0.05, 0.1) is 29.9 Å². The van der Waals surface area contributed by atoms with Gasteiger partial charge in [-0.25, -0.2) is 14.2 Å². The predicted molar refractivity (Wildman–Crippen MR) is 234 cm³/mol. The van der Waals surface area contributed by atoms with Crippen molar-refractivity contribution in [2.24, 2.45) is 0 Å². The third kappa shape index (κ3) is 8.16. The van der Waals surface area contributed by atoms with E-state index >= 15 is 4.39 Å². The number of nitrogens with zero attached hydrogens (tertiary/aromatic N) is 8. The number of anilines is 3. The zero-order valence-corrected chi connectivity index (χ0v) is 35.2. The number of benzene rings is 2. The molecule has 7 heterocycles. The number of carbonyl (C=O) groups is 3. The first-order valence-electron chi connectivity index (χ1n) is 21.7. The first kappa shape index (κ1) is 41.2. The molecule has 15 nitrogen and oxygen atoms in total. The van der Waals surface area contributed by atoms with Gasteiger partial charge in [0, 0.05) is 100 Å². The number of fused-ring (bicyclic) bond motifs is 1. The summed E-state index contributed by atoms with van der Waals surface area (Å²) >= 11 is 0. The van der Waals surface area contributed by atoms with Crippen molar-refractivity contribution in [2.75, 3.05) is 74.5 Å². The van der Waals surface area contributed by atoms with Crippen LogP contribution in [-0.2, 0) is 16.0 Å². The summed E-state index contributed by atoms with van der Waals surface area (Å²) in [6.45, 7) is 8.58. The average Bonchev–Trinajstić information content (AvgIpc) is 3.65. The number of phenols is 1. The summed E-state index contributed by atoms with van der Waals surface area (Å²) in [6.07, 6.45) is 6.98. The molecule has 4 amide bonds.